The van der Waals surface area contributed by atoms with Crippen LogP contribution in [-0.2, 0) is 9.62 Å². The summed E-state index contributed by atoms with van der Waals surface area (Å²) in [5, 5.41) is 8.33. The lowest BCUT2D eigenvalue weighted by atomic mass is 9.48. The van der Waals surface area contributed by atoms with Crippen LogP contribution in [0.25, 0.3) is 0 Å². The Bertz CT molecular complexity index is 241. The van der Waals surface area contributed by atoms with E-state index in [0.29, 0.717) is 18.1 Å². The summed E-state index contributed by atoms with van der Waals surface area (Å²) in [5.74, 6) is 2.92. The second-order valence-electron chi connectivity index (χ2n) is 6.63. The van der Waals surface area contributed by atoms with Crippen LogP contribution in [0.15, 0.2) is 0 Å². The first kappa shape index (κ1) is 11.9. The van der Waals surface area contributed by atoms with Crippen LogP contribution >= 0.6 is 0 Å². The maximum Gasteiger partial charge on any atom is 0.105 e. The van der Waals surface area contributed by atoms with E-state index in [1.165, 1.54) is 38.5 Å². The molecule has 3 heteroatoms. The highest BCUT2D eigenvalue weighted by molar-refractivity contribution is 5.03. The van der Waals surface area contributed by atoms with E-state index < -0.39 is 0 Å². The summed E-state index contributed by atoms with van der Waals surface area (Å²) in [7, 11) is 0. The van der Waals surface area contributed by atoms with Gasteiger partial charge in [-0.1, -0.05) is 0 Å². The van der Waals surface area contributed by atoms with Gasteiger partial charge in [-0.15, -0.1) is 0 Å². The van der Waals surface area contributed by atoms with Crippen LogP contribution in [0.2, 0.25) is 0 Å². The fourth-order valence-corrected chi connectivity index (χ4v) is 5.11. The molecule has 98 valence electrons. The summed E-state index contributed by atoms with van der Waals surface area (Å²) in [6.45, 7) is 3.03. The molecule has 1 unspecified atom stereocenters. The predicted molar refractivity (Wildman–Crippen MR) is 64.6 cm³/mol. The first-order chi connectivity index (χ1) is 8.22. The van der Waals surface area contributed by atoms with Crippen molar-refractivity contribution in [1.82, 2.24) is 0 Å². The lowest BCUT2D eigenvalue weighted by Crippen LogP contribution is -2.51. The molecule has 4 aliphatic rings. The van der Waals surface area contributed by atoms with Crippen molar-refractivity contribution in [2.24, 2.45) is 23.2 Å². The van der Waals surface area contributed by atoms with Gasteiger partial charge in [0.15, 0.2) is 0 Å². The minimum atomic E-state index is 0.288. The molecule has 1 N–H and O–H groups in total. The average Bonchev–Trinajstić information content (AvgIpc) is 2.27. The van der Waals surface area contributed by atoms with E-state index >= 15 is 0 Å². The Labute approximate surface area is 103 Å². The van der Waals surface area contributed by atoms with Gasteiger partial charge in [0.1, 0.15) is 6.61 Å². The van der Waals surface area contributed by atoms with Gasteiger partial charge in [0, 0.05) is 0 Å². The number of hydrogen-bond acceptors (Lipinski definition) is 3. The molecular formula is C14H24O3. The smallest absolute Gasteiger partial charge is 0.105 e. The van der Waals surface area contributed by atoms with Crippen molar-refractivity contribution in [3.63, 3.8) is 0 Å². The lowest BCUT2D eigenvalue weighted by molar-refractivity contribution is -0.254. The van der Waals surface area contributed by atoms with Crippen LogP contribution in [0.1, 0.15) is 45.4 Å². The first-order valence-electron chi connectivity index (χ1n) is 7.10. The highest BCUT2D eigenvalue weighted by Gasteiger charge is 2.53. The van der Waals surface area contributed by atoms with E-state index in [1.54, 1.807) is 0 Å². The normalized spacial score (nSPS) is 45.2. The Hall–Kier alpha value is -0.120. The van der Waals surface area contributed by atoms with Gasteiger partial charge in [-0.25, -0.2) is 4.89 Å². The maximum absolute atomic E-state index is 8.33. The molecule has 17 heavy (non-hydrogen) atoms. The SMILES string of the molecule is CC(OCCOO)C12CC3CC(CC(C3)C1)C2. The molecule has 0 aromatic heterocycles. The molecule has 0 heterocycles. The first-order valence-corrected chi connectivity index (χ1v) is 7.10. The highest BCUT2D eigenvalue weighted by atomic mass is 17.1. The van der Waals surface area contributed by atoms with Crippen LogP contribution in [0.5, 0.6) is 0 Å². The predicted octanol–water partition coefficient (Wildman–Crippen LogP) is 3.10. The molecule has 4 rings (SSSR count). The van der Waals surface area contributed by atoms with Crippen molar-refractivity contribution in [1.29, 1.82) is 0 Å². The quantitative estimate of drug-likeness (QED) is 0.456. The van der Waals surface area contributed by atoms with Gasteiger partial charge in [-0.3, -0.25) is 5.26 Å². The lowest BCUT2D eigenvalue weighted by Gasteiger charge is -2.58. The Balaban J connectivity index is 1.64. The number of hydrogen-bond donors (Lipinski definition) is 1. The average molecular weight is 240 g/mol. The monoisotopic (exact) mass is 240 g/mol. The zero-order valence-corrected chi connectivity index (χ0v) is 10.7. The Kier molecular flexibility index (Phi) is 3.18. The van der Waals surface area contributed by atoms with Crippen molar-refractivity contribution in [3.8, 4) is 0 Å². The summed E-state index contributed by atoms with van der Waals surface area (Å²) in [6, 6.07) is 0. The van der Waals surface area contributed by atoms with Crippen LogP contribution in [0, 0.1) is 23.2 Å². The van der Waals surface area contributed by atoms with Gasteiger partial charge in [-0.05, 0) is 68.6 Å². The van der Waals surface area contributed by atoms with Crippen LogP contribution in [-0.4, -0.2) is 24.6 Å². The van der Waals surface area contributed by atoms with Crippen LogP contribution in [0.3, 0.4) is 0 Å². The van der Waals surface area contributed by atoms with E-state index in [1.807, 2.05) is 0 Å². The molecule has 0 spiro atoms. The summed E-state index contributed by atoms with van der Waals surface area (Å²) in [6.07, 6.45) is 8.88. The van der Waals surface area contributed by atoms with Crippen molar-refractivity contribution >= 4 is 0 Å². The summed E-state index contributed by atoms with van der Waals surface area (Å²) < 4.78 is 5.88. The van der Waals surface area contributed by atoms with E-state index in [2.05, 4.69) is 11.8 Å². The summed E-state index contributed by atoms with van der Waals surface area (Å²) >= 11 is 0. The maximum atomic E-state index is 8.33. The van der Waals surface area contributed by atoms with E-state index in [4.69, 9.17) is 9.99 Å². The largest absolute Gasteiger partial charge is 0.375 e. The van der Waals surface area contributed by atoms with Crippen LogP contribution < -0.4 is 0 Å². The van der Waals surface area contributed by atoms with Gasteiger partial charge in [0.2, 0.25) is 0 Å². The zero-order valence-electron chi connectivity index (χ0n) is 10.7. The molecule has 4 aliphatic carbocycles. The minimum absolute atomic E-state index is 0.288. The minimum Gasteiger partial charge on any atom is -0.375 e. The molecule has 1 atom stereocenters. The van der Waals surface area contributed by atoms with Gasteiger partial charge < -0.3 is 4.74 Å². The fraction of sp³-hybridized carbons (Fsp3) is 1.00. The molecular weight excluding hydrogens is 216 g/mol. The Morgan fingerprint density at radius 2 is 1.59 bits per heavy atom. The third kappa shape index (κ3) is 2.13. The number of rotatable bonds is 5. The molecule has 0 radical (unpaired) electrons. The topological polar surface area (TPSA) is 38.7 Å². The molecule has 3 nitrogen and oxygen atoms in total. The van der Waals surface area contributed by atoms with Crippen molar-refractivity contribution in [3.05, 3.63) is 0 Å². The third-order valence-corrected chi connectivity index (χ3v) is 5.49. The third-order valence-electron chi connectivity index (χ3n) is 5.49. The van der Waals surface area contributed by atoms with E-state index in [0.717, 1.165) is 17.8 Å². The molecule has 4 bridgehead atoms. The Morgan fingerprint density at radius 3 is 2.06 bits per heavy atom. The summed E-state index contributed by atoms with van der Waals surface area (Å²) in [4.78, 5) is 4.09. The molecule has 0 amide bonds. The van der Waals surface area contributed by atoms with Crippen molar-refractivity contribution in [2.75, 3.05) is 13.2 Å². The second kappa shape index (κ2) is 4.52. The fourth-order valence-electron chi connectivity index (χ4n) is 5.11. The van der Waals surface area contributed by atoms with Gasteiger partial charge in [0.05, 0.1) is 12.7 Å². The van der Waals surface area contributed by atoms with E-state index in [9.17, 15) is 0 Å². The van der Waals surface area contributed by atoms with Crippen molar-refractivity contribution < 1.29 is 14.9 Å². The molecule has 0 aromatic rings. The van der Waals surface area contributed by atoms with E-state index in [-0.39, 0.29) is 6.61 Å². The highest BCUT2D eigenvalue weighted by Crippen LogP contribution is 2.61. The summed E-state index contributed by atoms with van der Waals surface area (Å²) in [5.41, 5.74) is 0.449. The second-order valence-corrected chi connectivity index (χ2v) is 6.63. The van der Waals surface area contributed by atoms with Gasteiger partial charge in [0.25, 0.3) is 0 Å². The number of ether oxygens (including phenoxy) is 1. The van der Waals surface area contributed by atoms with Crippen molar-refractivity contribution in [2.45, 2.75) is 51.6 Å². The molecule has 0 saturated heterocycles. The zero-order chi connectivity index (χ0) is 11.9. The molecule has 4 fully saturated rings. The Morgan fingerprint density at radius 1 is 1.06 bits per heavy atom. The molecule has 0 aliphatic heterocycles. The molecule has 4 saturated carbocycles. The standard InChI is InChI=1S/C14H24O3/c1-10(16-2-3-17-15)14-7-11-4-12(8-14)6-13(5-11)9-14/h10-13,15H,2-9H2,1H3. The van der Waals surface area contributed by atoms with Crippen LogP contribution in [0.4, 0.5) is 0 Å². The van der Waals surface area contributed by atoms with Gasteiger partial charge in [-0.2, -0.15) is 0 Å². The molecule has 0 aromatic carbocycles. The van der Waals surface area contributed by atoms with Gasteiger partial charge >= 0.3 is 0 Å².